The van der Waals surface area contributed by atoms with Gasteiger partial charge in [0.1, 0.15) is 5.75 Å². The molecule has 7 nitrogen and oxygen atoms in total. The van der Waals surface area contributed by atoms with Crippen molar-refractivity contribution in [3.05, 3.63) is 43.0 Å². The van der Waals surface area contributed by atoms with Crippen LogP contribution in [0.2, 0.25) is 0 Å². The molecule has 0 aliphatic carbocycles. The van der Waals surface area contributed by atoms with Gasteiger partial charge in [0.05, 0.1) is 12.9 Å². The van der Waals surface area contributed by atoms with Crippen LogP contribution in [0.15, 0.2) is 48.0 Å². The van der Waals surface area contributed by atoms with Gasteiger partial charge >= 0.3 is 0 Å². The summed E-state index contributed by atoms with van der Waals surface area (Å²) in [5.41, 5.74) is 0.838. The van der Waals surface area contributed by atoms with Crippen LogP contribution >= 0.6 is 0 Å². The molecule has 2 aromatic rings. The third-order valence-corrected chi connectivity index (χ3v) is 3.01. The summed E-state index contributed by atoms with van der Waals surface area (Å²) in [5, 5.41) is 14.5. The van der Waals surface area contributed by atoms with Crippen LogP contribution in [0.4, 0.5) is 5.69 Å². The van der Waals surface area contributed by atoms with Crippen LogP contribution in [0.1, 0.15) is 13.3 Å². The molecule has 0 spiro atoms. The van der Waals surface area contributed by atoms with Crippen molar-refractivity contribution >= 4 is 11.6 Å². The number of aliphatic imine (C=N–C) groups is 1. The monoisotopic (exact) mass is 312 g/mol. The lowest BCUT2D eigenvalue weighted by atomic mass is 10.3. The van der Waals surface area contributed by atoms with Gasteiger partial charge in [0.2, 0.25) is 5.96 Å². The van der Waals surface area contributed by atoms with Gasteiger partial charge in [-0.25, -0.2) is 4.98 Å². The van der Waals surface area contributed by atoms with Crippen LogP contribution in [0.3, 0.4) is 0 Å². The second-order valence-corrected chi connectivity index (χ2v) is 4.70. The first-order valence-corrected chi connectivity index (χ1v) is 7.47. The van der Waals surface area contributed by atoms with Gasteiger partial charge in [0.25, 0.3) is 0 Å². The number of nitriles is 1. The Balaban J connectivity index is 1.86. The maximum absolute atomic E-state index is 8.82. The predicted molar refractivity (Wildman–Crippen MR) is 89.1 cm³/mol. The summed E-state index contributed by atoms with van der Waals surface area (Å²) in [4.78, 5) is 8.36. The van der Waals surface area contributed by atoms with E-state index in [1.165, 1.54) is 0 Å². The number of aryl methyl sites for hydroxylation is 1. The van der Waals surface area contributed by atoms with Crippen molar-refractivity contribution < 1.29 is 4.74 Å². The topological polar surface area (TPSA) is 87.3 Å². The first-order chi connectivity index (χ1) is 11.3. The van der Waals surface area contributed by atoms with Gasteiger partial charge in [-0.1, -0.05) is 0 Å². The lowest BCUT2D eigenvalue weighted by molar-refractivity contribution is 0.340. The average Bonchev–Trinajstić information content (AvgIpc) is 3.07. The SMILES string of the molecule is CCOc1ccc(NC(=NCCCn2ccnc2)NC#N)cc1. The molecule has 0 aliphatic rings. The highest BCUT2D eigenvalue weighted by molar-refractivity contribution is 5.94. The quantitative estimate of drug-likeness (QED) is 0.269. The fraction of sp³-hybridized carbons (Fsp3) is 0.312. The minimum atomic E-state index is 0.433. The van der Waals surface area contributed by atoms with E-state index >= 15 is 0 Å². The number of anilines is 1. The highest BCUT2D eigenvalue weighted by Gasteiger charge is 2.00. The standard InChI is InChI=1S/C16H20N6O/c1-2-23-15-6-4-14(5-7-15)21-16(20-12-17)19-8-3-10-22-11-9-18-13-22/h4-7,9,11,13H,2-3,8,10H2,1H3,(H2,19,20,21). The summed E-state index contributed by atoms with van der Waals surface area (Å²) in [6, 6.07) is 7.50. The molecular formula is C16H20N6O. The molecule has 0 fully saturated rings. The van der Waals surface area contributed by atoms with Crippen LogP contribution < -0.4 is 15.4 Å². The van der Waals surface area contributed by atoms with Crippen molar-refractivity contribution in [3.8, 4) is 11.9 Å². The minimum absolute atomic E-state index is 0.433. The molecule has 1 heterocycles. The van der Waals surface area contributed by atoms with Crippen LogP contribution in [0.5, 0.6) is 5.75 Å². The maximum Gasteiger partial charge on any atom is 0.209 e. The molecule has 120 valence electrons. The fourth-order valence-corrected chi connectivity index (χ4v) is 1.96. The van der Waals surface area contributed by atoms with Crippen molar-refractivity contribution in [1.29, 1.82) is 5.26 Å². The fourth-order valence-electron chi connectivity index (χ4n) is 1.96. The Morgan fingerprint density at radius 3 is 2.87 bits per heavy atom. The molecule has 1 aromatic heterocycles. The Bertz CT molecular complexity index is 642. The van der Waals surface area contributed by atoms with E-state index in [-0.39, 0.29) is 0 Å². The molecule has 0 saturated heterocycles. The molecule has 0 atom stereocenters. The molecule has 0 saturated carbocycles. The summed E-state index contributed by atoms with van der Waals surface area (Å²) in [5.74, 6) is 1.24. The molecule has 0 amide bonds. The molecular weight excluding hydrogens is 292 g/mol. The van der Waals surface area contributed by atoms with E-state index in [0.717, 1.165) is 24.4 Å². The number of nitrogens with one attached hydrogen (secondary N) is 2. The lowest BCUT2D eigenvalue weighted by Crippen LogP contribution is -2.27. The second kappa shape index (κ2) is 9.10. The van der Waals surface area contributed by atoms with Gasteiger partial charge in [-0.15, -0.1) is 0 Å². The summed E-state index contributed by atoms with van der Waals surface area (Å²) < 4.78 is 7.39. The largest absolute Gasteiger partial charge is 0.494 e. The number of ether oxygens (including phenoxy) is 1. The van der Waals surface area contributed by atoms with Crippen molar-refractivity contribution in [1.82, 2.24) is 14.9 Å². The van der Waals surface area contributed by atoms with Crippen molar-refractivity contribution in [2.24, 2.45) is 4.99 Å². The Morgan fingerprint density at radius 1 is 1.39 bits per heavy atom. The van der Waals surface area contributed by atoms with Crippen LogP contribution in [-0.2, 0) is 6.54 Å². The van der Waals surface area contributed by atoms with Gasteiger partial charge in [-0.3, -0.25) is 10.3 Å². The van der Waals surface area contributed by atoms with Crippen LogP contribution in [-0.4, -0.2) is 28.7 Å². The summed E-state index contributed by atoms with van der Waals surface area (Å²) in [7, 11) is 0. The normalized spacial score (nSPS) is 10.9. The van der Waals surface area contributed by atoms with Crippen molar-refractivity contribution in [2.75, 3.05) is 18.5 Å². The number of guanidine groups is 1. The molecule has 0 unspecified atom stereocenters. The number of rotatable bonds is 7. The van der Waals surface area contributed by atoms with E-state index in [2.05, 4.69) is 20.6 Å². The van der Waals surface area contributed by atoms with E-state index in [9.17, 15) is 0 Å². The Morgan fingerprint density at radius 2 is 2.22 bits per heavy atom. The number of aromatic nitrogens is 2. The van der Waals surface area contributed by atoms with Gasteiger partial charge in [0, 0.05) is 31.2 Å². The van der Waals surface area contributed by atoms with Crippen LogP contribution in [0.25, 0.3) is 0 Å². The lowest BCUT2D eigenvalue weighted by Gasteiger charge is -2.09. The first kappa shape index (κ1) is 16.4. The number of nitrogens with zero attached hydrogens (tertiary/aromatic N) is 4. The minimum Gasteiger partial charge on any atom is -0.494 e. The van der Waals surface area contributed by atoms with E-state index < -0.39 is 0 Å². The molecule has 2 N–H and O–H groups in total. The van der Waals surface area contributed by atoms with E-state index in [0.29, 0.717) is 19.1 Å². The Labute approximate surface area is 135 Å². The predicted octanol–water partition coefficient (Wildman–Crippen LogP) is 2.21. The van der Waals surface area contributed by atoms with Crippen molar-refractivity contribution in [2.45, 2.75) is 19.9 Å². The molecule has 23 heavy (non-hydrogen) atoms. The van der Waals surface area contributed by atoms with Gasteiger partial charge in [0.15, 0.2) is 6.19 Å². The molecule has 7 heteroatoms. The zero-order valence-electron chi connectivity index (χ0n) is 13.1. The van der Waals surface area contributed by atoms with Gasteiger partial charge in [-0.05, 0) is 37.6 Å². The Hall–Kier alpha value is -3.01. The number of imidazole rings is 1. The molecule has 2 rings (SSSR count). The smallest absolute Gasteiger partial charge is 0.209 e. The second-order valence-electron chi connectivity index (χ2n) is 4.70. The highest BCUT2D eigenvalue weighted by atomic mass is 16.5. The zero-order chi connectivity index (χ0) is 16.3. The number of hydrogen-bond acceptors (Lipinski definition) is 4. The summed E-state index contributed by atoms with van der Waals surface area (Å²) in [6.07, 6.45) is 8.19. The molecule has 0 bridgehead atoms. The number of benzene rings is 1. The third kappa shape index (κ3) is 5.71. The average molecular weight is 312 g/mol. The molecule has 0 radical (unpaired) electrons. The number of hydrogen-bond donors (Lipinski definition) is 2. The maximum atomic E-state index is 8.82. The summed E-state index contributed by atoms with van der Waals surface area (Å²) >= 11 is 0. The van der Waals surface area contributed by atoms with Crippen molar-refractivity contribution in [3.63, 3.8) is 0 Å². The molecule has 1 aromatic carbocycles. The van der Waals surface area contributed by atoms with E-state index in [4.69, 9.17) is 10.00 Å². The van der Waals surface area contributed by atoms with Gasteiger partial charge in [-0.2, -0.15) is 5.26 Å². The Kier molecular flexibility index (Phi) is 6.47. The first-order valence-electron chi connectivity index (χ1n) is 7.47. The summed E-state index contributed by atoms with van der Waals surface area (Å²) in [6.45, 7) is 4.02. The van der Waals surface area contributed by atoms with E-state index in [1.54, 1.807) is 12.5 Å². The van der Waals surface area contributed by atoms with Crippen LogP contribution in [0, 0.1) is 11.5 Å². The molecule has 0 aliphatic heterocycles. The zero-order valence-corrected chi connectivity index (χ0v) is 13.1. The third-order valence-electron chi connectivity index (χ3n) is 3.01. The van der Waals surface area contributed by atoms with Gasteiger partial charge < -0.3 is 14.6 Å². The van der Waals surface area contributed by atoms with E-state index in [1.807, 2.05) is 48.1 Å². The highest BCUT2D eigenvalue weighted by Crippen LogP contribution is 2.15.